The van der Waals surface area contributed by atoms with Crippen molar-refractivity contribution in [3.05, 3.63) is 54.1 Å². The second-order valence-electron chi connectivity index (χ2n) is 9.12. The summed E-state index contributed by atoms with van der Waals surface area (Å²) in [4.78, 5) is 26.6. The highest BCUT2D eigenvalue weighted by Gasteiger charge is 2.31. The summed E-state index contributed by atoms with van der Waals surface area (Å²) < 4.78 is 35.2. The van der Waals surface area contributed by atoms with Crippen LogP contribution in [0.2, 0.25) is 0 Å². The van der Waals surface area contributed by atoms with E-state index in [1.165, 1.54) is 6.07 Å². The minimum Gasteiger partial charge on any atom is -0.466 e. The molecule has 9 heteroatoms. The molecule has 1 fully saturated rings. The number of nitrogens with zero attached hydrogens (tertiary/aromatic N) is 1. The molecule has 1 aliphatic heterocycles. The summed E-state index contributed by atoms with van der Waals surface area (Å²) in [7, 11) is -3.97. The summed E-state index contributed by atoms with van der Waals surface area (Å²) in [5.41, 5.74) is 1.73. The maximum atomic E-state index is 13.6. The van der Waals surface area contributed by atoms with Crippen LogP contribution in [-0.4, -0.2) is 40.0 Å². The van der Waals surface area contributed by atoms with Crippen LogP contribution in [0.15, 0.2) is 53.4 Å². The van der Waals surface area contributed by atoms with Crippen LogP contribution < -0.4 is 14.9 Å². The fraction of sp³-hybridized carbons (Fsp3) is 0.462. The smallest absolute Gasteiger partial charge is 0.310 e. The van der Waals surface area contributed by atoms with Gasteiger partial charge in [0.2, 0.25) is 15.9 Å². The maximum absolute atomic E-state index is 13.6. The molecule has 2 aromatic carbocycles. The molecule has 0 aromatic heterocycles. The molecule has 190 valence electrons. The number of anilines is 2. The van der Waals surface area contributed by atoms with E-state index in [-0.39, 0.29) is 28.6 Å². The van der Waals surface area contributed by atoms with Crippen LogP contribution in [0.25, 0.3) is 0 Å². The van der Waals surface area contributed by atoms with Crippen molar-refractivity contribution < 1.29 is 22.7 Å². The molecule has 2 N–H and O–H groups in total. The van der Waals surface area contributed by atoms with Crippen molar-refractivity contribution in [1.29, 1.82) is 0 Å². The van der Waals surface area contributed by atoms with Gasteiger partial charge in [0, 0.05) is 30.7 Å². The third kappa shape index (κ3) is 6.82. The van der Waals surface area contributed by atoms with Gasteiger partial charge in [-0.2, -0.15) is 0 Å². The Kier molecular flexibility index (Phi) is 8.91. The number of amides is 1. The molecule has 35 heavy (non-hydrogen) atoms. The summed E-state index contributed by atoms with van der Waals surface area (Å²) in [6.45, 7) is 8.39. The number of rotatable bonds is 9. The summed E-state index contributed by atoms with van der Waals surface area (Å²) in [6, 6.07) is 13.7. The normalized spacial score (nSPS) is 17.2. The second kappa shape index (κ2) is 11.7. The van der Waals surface area contributed by atoms with E-state index in [1.54, 1.807) is 39.8 Å². The van der Waals surface area contributed by atoms with Crippen LogP contribution in [0.1, 0.15) is 52.1 Å². The largest absolute Gasteiger partial charge is 0.466 e. The first-order valence-electron chi connectivity index (χ1n) is 12.1. The van der Waals surface area contributed by atoms with Crippen LogP contribution in [0.3, 0.4) is 0 Å². The molecule has 2 unspecified atom stereocenters. The molecule has 1 aliphatic rings. The van der Waals surface area contributed by atoms with Gasteiger partial charge in [-0.05, 0) is 50.5 Å². The molecule has 1 heterocycles. The van der Waals surface area contributed by atoms with Gasteiger partial charge < -0.3 is 15.0 Å². The minimum absolute atomic E-state index is 0.0614. The Hall–Kier alpha value is -2.91. The number of esters is 1. The molecule has 0 aliphatic carbocycles. The first-order chi connectivity index (χ1) is 16.6. The monoisotopic (exact) mass is 501 g/mol. The van der Waals surface area contributed by atoms with E-state index < -0.39 is 16.1 Å². The average molecular weight is 502 g/mol. The number of benzene rings is 2. The SMILES string of the molecule is CCOC(=O)C1CCCN(c2ccc(NC(=O)C(C)C)cc2S(=O)(=O)NC(C)c2ccccc2)C1. The first-order valence-corrected chi connectivity index (χ1v) is 13.5. The first kappa shape index (κ1) is 26.7. The van der Waals surface area contributed by atoms with Crippen molar-refractivity contribution in [1.82, 2.24) is 4.72 Å². The highest BCUT2D eigenvalue weighted by molar-refractivity contribution is 7.89. The zero-order chi connectivity index (χ0) is 25.6. The van der Waals surface area contributed by atoms with Crippen LogP contribution in [0, 0.1) is 11.8 Å². The van der Waals surface area contributed by atoms with Crippen molar-refractivity contribution in [3.63, 3.8) is 0 Å². The van der Waals surface area contributed by atoms with Gasteiger partial charge >= 0.3 is 5.97 Å². The summed E-state index contributed by atoms with van der Waals surface area (Å²) in [6.07, 6.45) is 1.44. The lowest BCUT2D eigenvalue weighted by atomic mass is 9.97. The molecule has 3 rings (SSSR count). The van der Waals surface area contributed by atoms with Crippen molar-refractivity contribution in [2.75, 3.05) is 29.9 Å². The van der Waals surface area contributed by atoms with Crippen LogP contribution in [0.5, 0.6) is 0 Å². The van der Waals surface area contributed by atoms with Gasteiger partial charge in [0.1, 0.15) is 4.90 Å². The molecule has 0 spiro atoms. The van der Waals surface area contributed by atoms with Gasteiger partial charge in [-0.3, -0.25) is 9.59 Å². The van der Waals surface area contributed by atoms with Crippen LogP contribution in [0.4, 0.5) is 11.4 Å². The van der Waals surface area contributed by atoms with Crippen molar-refractivity contribution >= 4 is 33.3 Å². The number of piperidine rings is 1. The number of hydrogen-bond donors (Lipinski definition) is 2. The maximum Gasteiger partial charge on any atom is 0.310 e. The predicted octanol–water partition coefficient (Wildman–Crippen LogP) is 4.10. The summed E-state index contributed by atoms with van der Waals surface area (Å²) in [5.74, 6) is -1.04. The number of nitrogens with one attached hydrogen (secondary N) is 2. The quantitative estimate of drug-likeness (QED) is 0.501. The molecule has 2 atom stereocenters. The molecular weight excluding hydrogens is 466 g/mol. The molecule has 0 saturated carbocycles. The van der Waals surface area contributed by atoms with Gasteiger partial charge in [-0.1, -0.05) is 44.2 Å². The molecule has 1 amide bonds. The van der Waals surface area contributed by atoms with Gasteiger partial charge in [0.25, 0.3) is 0 Å². The fourth-order valence-electron chi connectivity index (χ4n) is 4.11. The highest BCUT2D eigenvalue weighted by atomic mass is 32.2. The lowest BCUT2D eigenvalue weighted by Gasteiger charge is -2.34. The molecule has 0 radical (unpaired) electrons. The third-order valence-corrected chi connectivity index (χ3v) is 7.62. The Balaban J connectivity index is 1.97. The summed E-state index contributed by atoms with van der Waals surface area (Å²) >= 11 is 0. The Bertz CT molecular complexity index is 1130. The number of hydrogen-bond acceptors (Lipinski definition) is 6. The van der Waals surface area contributed by atoms with Gasteiger partial charge in [-0.15, -0.1) is 0 Å². The zero-order valence-electron chi connectivity index (χ0n) is 20.8. The fourth-order valence-corrected chi connectivity index (χ4v) is 5.59. The third-order valence-electron chi connectivity index (χ3n) is 6.05. The number of carbonyl (C=O) groups is 2. The van der Waals surface area contributed by atoms with E-state index in [1.807, 2.05) is 35.2 Å². The minimum atomic E-state index is -3.97. The zero-order valence-corrected chi connectivity index (χ0v) is 21.6. The molecule has 0 bridgehead atoms. The van der Waals surface area contributed by atoms with Gasteiger partial charge in [0.15, 0.2) is 0 Å². The lowest BCUT2D eigenvalue weighted by Crippen LogP contribution is -2.40. The molecule has 2 aromatic rings. The van der Waals surface area contributed by atoms with E-state index in [2.05, 4.69) is 10.0 Å². The van der Waals surface area contributed by atoms with E-state index in [4.69, 9.17) is 4.74 Å². The van der Waals surface area contributed by atoms with Crippen molar-refractivity contribution in [2.45, 2.75) is 51.5 Å². The van der Waals surface area contributed by atoms with Gasteiger partial charge in [0.05, 0.1) is 18.2 Å². The van der Waals surface area contributed by atoms with Crippen molar-refractivity contribution in [2.24, 2.45) is 11.8 Å². The van der Waals surface area contributed by atoms with E-state index in [0.717, 1.165) is 12.0 Å². The van der Waals surface area contributed by atoms with E-state index in [9.17, 15) is 18.0 Å². The van der Waals surface area contributed by atoms with Gasteiger partial charge in [-0.25, -0.2) is 13.1 Å². The lowest BCUT2D eigenvalue weighted by molar-refractivity contribution is -0.148. The molecule has 8 nitrogen and oxygen atoms in total. The second-order valence-corrected chi connectivity index (χ2v) is 10.8. The molecular formula is C26H35N3O5S. The Morgan fingerprint density at radius 3 is 2.49 bits per heavy atom. The van der Waals surface area contributed by atoms with Crippen molar-refractivity contribution in [3.8, 4) is 0 Å². The number of ether oxygens (including phenoxy) is 1. The molecule has 1 saturated heterocycles. The Morgan fingerprint density at radius 1 is 1.11 bits per heavy atom. The predicted molar refractivity (Wildman–Crippen MR) is 137 cm³/mol. The average Bonchev–Trinajstić information content (AvgIpc) is 2.84. The van der Waals surface area contributed by atoms with E-state index >= 15 is 0 Å². The topological polar surface area (TPSA) is 105 Å². The highest BCUT2D eigenvalue weighted by Crippen LogP contribution is 2.33. The Morgan fingerprint density at radius 2 is 1.83 bits per heavy atom. The van der Waals surface area contributed by atoms with Crippen LogP contribution in [-0.2, 0) is 24.3 Å². The summed E-state index contributed by atoms with van der Waals surface area (Å²) in [5, 5.41) is 2.79. The number of carbonyl (C=O) groups excluding carboxylic acids is 2. The number of sulfonamides is 1. The Labute approximate surface area is 208 Å². The van der Waals surface area contributed by atoms with E-state index in [0.29, 0.717) is 37.5 Å². The standard InChI is InChI=1S/C26H35N3O5S/c1-5-34-26(31)21-12-9-15-29(17-21)23-14-13-22(27-25(30)18(2)3)16-24(23)35(32,33)28-19(4)20-10-7-6-8-11-20/h6-8,10-11,13-14,16,18-19,21,28H,5,9,12,15,17H2,1-4H3,(H,27,30). The van der Waals surface area contributed by atoms with Crippen LogP contribution >= 0.6 is 0 Å².